The van der Waals surface area contributed by atoms with E-state index in [9.17, 15) is 4.39 Å². The number of hydrogen-bond donors (Lipinski definition) is 1. The summed E-state index contributed by atoms with van der Waals surface area (Å²) in [4.78, 5) is 4.47. The standard InChI is InChI=1S/C13H15FN2/c1-3-4-9-7-12(15)10-5-6-11(14)8(2)13(10)16-9/h5-7H,3-4H2,1-2H3,(H2,15,16). The third-order valence-corrected chi connectivity index (χ3v) is 2.76. The summed E-state index contributed by atoms with van der Waals surface area (Å²) in [5.41, 5.74) is 8.81. The number of hydrogen-bond acceptors (Lipinski definition) is 2. The highest BCUT2D eigenvalue weighted by Gasteiger charge is 2.08. The highest BCUT2D eigenvalue weighted by atomic mass is 19.1. The molecule has 1 aromatic heterocycles. The van der Waals surface area contributed by atoms with Crippen LogP contribution in [0.1, 0.15) is 24.6 Å². The van der Waals surface area contributed by atoms with Gasteiger partial charge in [-0.2, -0.15) is 0 Å². The highest BCUT2D eigenvalue weighted by Crippen LogP contribution is 2.25. The molecular weight excluding hydrogens is 203 g/mol. The van der Waals surface area contributed by atoms with E-state index in [4.69, 9.17) is 5.73 Å². The zero-order chi connectivity index (χ0) is 11.7. The maximum absolute atomic E-state index is 13.4. The van der Waals surface area contributed by atoms with E-state index in [0.717, 1.165) is 23.9 Å². The van der Waals surface area contributed by atoms with E-state index in [2.05, 4.69) is 11.9 Å². The van der Waals surface area contributed by atoms with E-state index in [1.165, 1.54) is 6.07 Å². The van der Waals surface area contributed by atoms with Crippen LogP contribution in [0.15, 0.2) is 18.2 Å². The topological polar surface area (TPSA) is 38.9 Å². The number of nitrogen functional groups attached to an aromatic ring is 1. The van der Waals surface area contributed by atoms with Crippen molar-refractivity contribution in [3.05, 3.63) is 35.3 Å². The number of nitrogens with two attached hydrogens (primary N) is 1. The largest absolute Gasteiger partial charge is 0.398 e. The van der Waals surface area contributed by atoms with Crippen LogP contribution in [-0.4, -0.2) is 4.98 Å². The summed E-state index contributed by atoms with van der Waals surface area (Å²) in [6, 6.07) is 5.01. The van der Waals surface area contributed by atoms with Crippen molar-refractivity contribution in [1.29, 1.82) is 0 Å². The molecule has 3 heteroatoms. The predicted molar refractivity (Wildman–Crippen MR) is 64.8 cm³/mol. The number of anilines is 1. The van der Waals surface area contributed by atoms with Gasteiger partial charge < -0.3 is 5.73 Å². The first-order valence-corrected chi connectivity index (χ1v) is 5.47. The molecular formula is C13H15FN2. The Morgan fingerprint density at radius 3 is 2.81 bits per heavy atom. The second kappa shape index (κ2) is 4.08. The SMILES string of the molecule is CCCc1cc(N)c2ccc(F)c(C)c2n1. The van der Waals surface area contributed by atoms with Crippen molar-refractivity contribution in [1.82, 2.24) is 4.98 Å². The number of fused-ring (bicyclic) bond motifs is 1. The molecule has 0 spiro atoms. The van der Waals surface area contributed by atoms with Crippen LogP contribution < -0.4 is 5.73 Å². The fourth-order valence-corrected chi connectivity index (χ4v) is 1.87. The Kier molecular flexibility index (Phi) is 2.77. The van der Waals surface area contributed by atoms with Gasteiger partial charge >= 0.3 is 0 Å². The van der Waals surface area contributed by atoms with Gasteiger partial charge in [0.05, 0.1) is 5.52 Å². The van der Waals surface area contributed by atoms with Crippen LogP contribution in [0.2, 0.25) is 0 Å². The Hall–Kier alpha value is -1.64. The van der Waals surface area contributed by atoms with Crippen LogP contribution in [0.5, 0.6) is 0 Å². The van der Waals surface area contributed by atoms with E-state index in [1.807, 2.05) is 6.07 Å². The summed E-state index contributed by atoms with van der Waals surface area (Å²) in [5, 5.41) is 0.832. The lowest BCUT2D eigenvalue weighted by Gasteiger charge is -2.08. The van der Waals surface area contributed by atoms with Gasteiger partial charge in [0.25, 0.3) is 0 Å². The van der Waals surface area contributed by atoms with Gasteiger partial charge in [-0.05, 0) is 31.5 Å². The summed E-state index contributed by atoms with van der Waals surface area (Å²) in [6.45, 7) is 3.82. The average molecular weight is 218 g/mol. The quantitative estimate of drug-likeness (QED) is 0.840. The molecule has 2 aromatic rings. The molecule has 0 saturated heterocycles. The number of nitrogens with zero attached hydrogens (tertiary/aromatic N) is 1. The van der Waals surface area contributed by atoms with Gasteiger partial charge in [-0.25, -0.2) is 4.39 Å². The molecule has 1 heterocycles. The van der Waals surface area contributed by atoms with Crippen molar-refractivity contribution in [2.45, 2.75) is 26.7 Å². The summed E-state index contributed by atoms with van der Waals surface area (Å²) in [5.74, 6) is -0.229. The summed E-state index contributed by atoms with van der Waals surface area (Å²) in [7, 11) is 0. The van der Waals surface area contributed by atoms with Gasteiger partial charge in [-0.1, -0.05) is 13.3 Å². The molecule has 0 fully saturated rings. The highest BCUT2D eigenvalue weighted by molar-refractivity contribution is 5.92. The predicted octanol–water partition coefficient (Wildman–Crippen LogP) is 3.22. The van der Waals surface area contributed by atoms with Crippen LogP contribution in [0.4, 0.5) is 10.1 Å². The number of aryl methyl sites for hydroxylation is 2. The number of pyridine rings is 1. The van der Waals surface area contributed by atoms with E-state index >= 15 is 0 Å². The minimum absolute atomic E-state index is 0.229. The molecule has 0 bridgehead atoms. The molecule has 84 valence electrons. The molecule has 0 aliphatic rings. The number of rotatable bonds is 2. The van der Waals surface area contributed by atoms with Crippen LogP contribution >= 0.6 is 0 Å². The monoisotopic (exact) mass is 218 g/mol. The lowest BCUT2D eigenvalue weighted by molar-refractivity contribution is 0.620. The first-order chi connectivity index (χ1) is 7.63. The Bertz CT molecular complexity index is 535. The van der Waals surface area contributed by atoms with Crippen molar-refractivity contribution in [2.24, 2.45) is 0 Å². The maximum Gasteiger partial charge on any atom is 0.128 e. The molecule has 0 unspecified atom stereocenters. The minimum atomic E-state index is -0.229. The van der Waals surface area contributed by atoms with Gasteiger partial charge in [-0.15, -0.1) is 0 Å². The van der Waals surface area contributed by atoms with Gasteiger partial charge in [0.15, 0.2) is 0 Å². The van der Waals surface area contributed by atoms with Crippen molar-refractivity contribution in [3.63, 3.8) is 0 Å². The fourth-order valence-electron chi connectivity index (χ4n) is 1.87. The van der Waals surface area contributed by atoms with Crippen LogP contribution in [-0.2, 0) is 6.42 Å². The van der Waals surface area contributed by atoms with Gasteiger partial charge in [0.1, 0.15) is 5.82 Å². The number of aromatic nitrogens is 1. The Morgan fingerprint density at radius 1 is 1.38 bits per heavy atom. The zero-order valence-electron chi connectivity index (χ0n) is 9.55. The van der Waals surface area contributed by atoms with Gasteiger partial charge in [0.2, 0.25) is 0 Å². The third kappa shape index (κ3) is 1.73. The molecule has 0 amide bonds. The molecule has 0 atom stereocenters. The van der Waals surface area contributed by atoms with E-state index in [0.29, 0.717) is 16.8 Å². The number of halogens is 1. The van der Waals surface area contributed by atoms with Crippen LogP contribution in [0.3, 0.4) is 0 Å². The molecule has 0 saturated carbocycles. The summed E-state index contributed by atoms with van der Waals surface area (Å²) >= 11 is 0. The van der Waals surface area contributed by atoms with Crippen LogP contribution in [0, 0.1) is 12.7 Å². The lowest BCUT2D eigenvalue weighted by Crippen LogP contribution is -1.98. The Labute approximate surface area is 94.3 Å². The van der Waals surface area contributed by atoms with Crippen molar-refractivity contribution in [3.8, 4) is 0 Å². The Balaban J connectivity index is 2.73. The first-order valence-electron chi connectivity index (χ1n) is 5.47. The fraction of sp³-hybridized carbons (Fsp3) is 0.308. The van der Waals surface area contributed by atoms with Crippen molar-refractivity contribution >= 4 is 16.6 Å². The molecule has 0 aliphatic carbocycles. The molecule has 2 nitrogen and oxygen atoms in total. The molecule has 0 aliphatic heterocycles. The van der Waals surface area contributed by atoms with E-state index in [1.54, 1.807) is 13.0 Å². The molecule has 1 aromatic carbocycles. The van der Waals surface area contributed by atoms with E-state index in [-0.39, 0.29) is 5.82 Å². The first kappa shape index (κ1) is 10.9. The minimum Gasteiger partial charge on any atom is -0.398 e. The summed E-state index contributed by atoms with van der Waals surface area (Å²) < 4.78 is 13.4. The lowest BCUT2D eigenvalue weighted by atomic mass is 10.1. The second-order valence-corrected chi connectivity index (χ2v) is 4.02. The van der Waals surface area contributed by atoms with Gasteiger partial charge in [-0.3, -0.25) is 4.98 Å². The summed E-state index contributed by atoms with van der Waals surface area (Å²) in [6.07, 6.45) is 1.88. The normalized spacial score (nSPS) is 10.9. The maximum atomic E-state index is 13.4. The zero-order valence-corrected chi connectivity index (χ0v) is 9.55. The van der Waals surface area contributed by atoms with E-state index < -0.39 is 0 Å². The molecule has 2 rings (SSSR count). The van der Waals surface area contributed by atoms with Gasteiger partial charge in [0, 0.05) is 22.3 Å². The second-order valence-electron chi connectivity index (χ2n) is 4.02. The van der Waals surface area contributed by atoms with Crippen LogP contribution in [0.25, 0.3) is 10.9 Å². The van der Waals surface area contributed by atoms with Crippen molar-refractivity contribution < 1.29 is 4.39 Å². The molecule has 2 N–H and O–H groups in total. The third-order valence-electron chi connectivity index (χ3n) is 2.76. The number of benzene rings is 1. The smallest absolute Gasteiger partial charge is 0.128 e. The average Bonchev–Trinajstić information content (AvgIpc) is 2.25. The Morgan fingerprint density at radius 2 is 2.12 bits per heavy atom. The van der Waals surface area contributed by atoms with Crippen molar-refractivity contribution in [2.75, 3.05) is 5.73 Å². The molecule has 0 radical (unpaired) electrons. The molecule has 16 heavy (non-hydrogen) atoms.